The van der Waals surface area contributed by atoms with Gasteiger partial charge in [0.05, 0.1) is 0 Å². The first-order chi connectivity index (χ1) is 10.3. The number of hydrogen-bond acceptors (Lipinski definition) is 2. The van der Waals surface area contributed by atoms with Crippen molar-refractivity contribution in [3.8, 4) is 5.75 Å². The largest absolute Gasteiger partial charge is 0.492 e. The number of halogens is 2. The van der Waals surface area contributed by atoms with Gasteiger partial charge >= 0.3 is 0 Å². The second-order valence-corrected chi connectivity index (χ2v) is 6.80. The highest BCUT2D eigenvalue weighted by molar-refractivity contribution is 14.1. The first-order valence-electron chi connectivity index (χ1n) is 7.49. The van der Waals surface area contributed by atoms with Gasteiger partial charge in [0.1, 0.15) is 12.4 Å². The van der Waals surface area contributed by atoms with Crippen LogP contribution < -0.4 is 10.1 Å². The molecular formula is C18H21ClINO. The summed E-state index contributed by atoms with van der Waals surface area (Å²) in [4.78, 5) is 0. The van der Waals surface area contributed by atoms with E-state index in [9.17, 15) is 0 Å². The van der Waals surface area contributed by atoms with Crippen LogP contribution in [0.4, 0.5) is 0 Å². The number of hydrogen-bond donors (Lipinski definition) is 1. The van der Waals surface area contributed by atoms with E-state index in [1.807, 2.05) is 0 Å². The molecule has 0 aliphatic carbocycles. The van der Waals surface area contributed by atoms with Crippen LogP contribution in [0.2, 0.25) is 0 Å². The van der Waals surface area contributed by atoms with Crippen molar-refractivity contribution in [3.05, 3.63) is 63.2 Å². The number of nitrogens with one attached hydrogen (secondary N) is 1. The Kier molecular flexibility index (Phi) is 6.99. The van der Waals surface area contributed by atoms with Crippen molar-refractivity contribution >= 4 is 35.0 Å². The van der Waals surface area contributed by atoms with Gasteiger partial charge in [-0.3, -0.25) is 0 Å². The highest BCUT2D eigenvalue weighted by atomic mass is 127. The van der Waals surface area contributed by atoms with E-state index in [0.29, 0.717) is 6.04 Å². The minimum absolute atomic E-state index is 0. The molecule has 1 fully saturated rings. The van der Waals surface area contributed by atoms with Crippen LogP contribution in [0.25, 0.3) is 0 Å². The average Bonchev–Trinajstić information content (AvgIpc) is 3.02. The highest BCUT2D eigenvalue weighted by Crippen LogP contribution is 2.17. The second kappa shape index (κ2) is 8.75. The van der Waals surface area contributed by atoms with Crippen molar-refractivity contribution in [1.29, 1.82) is 0 Å². The summed E-state index contributed by atoms with van der Waals surface area (Å²) in [5.41, 5.74) is 2.67. The third-order valence-corrected chi connectivity index (χ3v) is 4.58. The maximum Gasteiger partial charge on any atom is 0.119 e. The van der Waals surface area contributed by atoms with Crippen LogP contribution in [-0.2, 0) is 6.42 Å². The molecule has 2 nitrogen and oxygen atoms in total. The summed E-state index contributed by atoms with van der Waals surface area (Å²) in [7, 11) is 0. The van der Waals surface area contributed by atoms with E-state index < -0.39 is 0 Å². The van der Waals surface area contributed by atoms with E-state index in [4.69, 9.17) is 4.74 Å². The van der Waals surface area contributed by atoms with Crippen molar-refractivity contribution in [2.24, 2.45) is 0 Å². The second-order valence-electron chi connectivity index (χ2n) is 5.55. The molecule has 1 aliphatic rings. The van der Waals surface area contributed by atoms with Gasteiger partial charge < -0.3 is 10.1 Å². The molecule has 2 aromatic rings. The van der Waals surface area contributed by atoms with Crippen molar-refractivity contribution < 1.29 is 4.74 Å². The molecule has 1 N–H and O–H groups in total. The van der Waals surface area contributed by atoms with Crippen molar-refractivity contribution in [3.63, 3.8) is 0 Å². The predicted molar refractivity (Wildman–Crippen MR) is 102 cm³/mol. The Morgan fingerprint density at radius 3 is 2.23 bits per heavy atom. The normalized spacial score (nSPS) is 17.0. The van der Waals surface area contributed by atoms with E-state index in [1.54, 1.807) is 0 Å². The molecule has 2 aromatic carbocycles. The quantitative estimate of drug-likeness (QED) is 0.710. The summed E-state index contributed by atoms with van der Waals surface area (Å²) >= 11 is 2.34. The van der Waals surface area contributed by atoms with E-state index in [0.717, 1.165) is 25.3 Å². The van der Waals surface area contributed by atoms with Gasteiger partial charge in [-0.2, -0.15) is 0 Å². The third kappa shape index (κ3) is 5.14. The van der Waals surface area contributed by atoms with Crippen molar-refractivity contribution in [2.75, 3.05) is 13.2 Å². The van der Waals surface area contributed by atoms with Gasteiger partial charge in [-0.05, 0) is 83.8 Å². The summed E-state index contributed by atoms with van der Waals surface area (Å²) < 4.78 is 7.13. The monoisotopic (exact) mass is 429 g/mol. The molecule has 1 unspecified atom stereocenters. The lowest BCUT2D eigenvalue weighted by Crippen LogP contribution is -2.28. The lowest BCUT2D eigenvalue weighted by Gasteiger charge is -2.12. The summed E-state index contributed by atoms with van der Waals surface area (Å²) in [5.74, 6) is 0.968. The number of ether oxygens (including phenoxy) is 1. The zero-order valence-electron chi connectivity index (χ0n) is 12.4. The molecule has 4 heteroatoms. The van der Waals surface area contributed by atoms with Crippen LogP contribution in [0.1, 0.15) is 24.0 Å². The minimum atomic E-state index is 0. The molecule has 1 saturated heterocycles. The summed E-state index contributed by atoms with van der Waals surface area (Å²) in [5, 5.41) is 3.45. The fraction of sp³-hybridized carbons (Fsp3) is 0.333. The Morgan fingerprint density at radius 2 is 1.64 bits per heavy atom. The molecule has 3 rings (SSSR count). The molecule has 0 aromatic heterocycles. The maximum atomic E-state index is 5.85. The SMILES string of the molecule is Cl.Ic1ccc(Cc2ccc(OCC3CCCN3)cc2)cc1. The molecule has 0 amide bonds. The molecule has 0 saturated carbocycles. The Morgan fingerprint density at radius 1 is 1.00 bits per heavy atom. The molecule has 1 heterocycles. The maximum absolute atomic E-state index is 5.85. The first kappa shape index (κ1) is 17.6. The molecule has 0 bridgehead atoms. The Labute approximate surface area is 152 Å². The van der Waals surface area contributed by atoms with Crippen LogP contribution in [0.5, 0.6) is 5.75 Å². The van der Waals surface area contributed by atoms with Gasteiger partial charge in [0, 0.05) is 9.61 Å². The Hall–Kier alpha value is -0.780. The van der Waals surface area contributed by atoms with Crippen molar-refractivity contribution in [1.82, 2.24) is 5.32 Å². The molecule has 118 valence electrons. The third-order valence-electron chi connectivity index (χ3n) is 3.86. The van der Waals surface area contributed by atoms with E-state index in [-0.39, 0.29) is 12.4 Å². The van der Waals surface area contributed by atoms with E-state index in [1.165, 1.54) is 27.5 Å². The van der Waals surface area contributed by atoms with Gasteiger partial charge in [-0.15, -0.1) is 12.4 Å². The standard InChI is InChI=1S/C18H20INO.ClH/c19-16-7-3-14(4-8-16)12-15-5-9-18(10-6-15)21-13-17-2-1-11-20-17;/h3-10,17,20H,1-2,11-13H2;1H. The van der Waals surface area contributed by atoms with E-state index in [2.05, 4.69) is 76.4 Å². The molecule has 22 heavy (non-hydrogen) atoms. The summed E-state index contributed by atoms with van der Waals surface area (Å²) in [6.07, 6.45) is 3.47. The fourth-order valence-electron chi connectivity index (χ4n) is 2.64. The molecular weight excluding hydrogens is 409 g/mol. The Bertz CT molecular complexity index is 565. The highest BCUT2D eigenvalue weighted by Gasteiger charge is 2.14. The zero-order chi connectivity index (χ0) is 14.5. The molecule has 0 spiro atoms. The van der Waals surface area contributed by atoms with Crippen LogP contribution in [0.15, 0.2) is 48.5 Å². The van der Waals surface area contributed by atoms with Crippen molar-refractivity contribution in [2.45, 2.75) is 25.3 Å². The van der Waals surface area contributed by atoms with Gasteiger partial charge in [0.2, 0.25) is 0 Å². The van der Waals surface area contributed by atoms with E-state index >= 15 is 0 Å². The fourth-order valence-corrected chi connectivity index (χ4v) is 3.00. The Balaban J connectivity index is 0.00000176. The van der Waals surface area contributed by atoms with Gasteiger partial charge in [-0.1, -0.05) is 24.3 Å². The zero-order valence-corrected chi connectivity index (χ0v) is 15.4. The minimum Gasteiger partial charge on any atom is -0.492 e. The molecule has 1 atom stereocenters. The smallest absolute Gasteiger partial charge is 0.119 e. The predicted octanol–water partition coefficient (Wildman–Crippen LogP) is 4.43. The van der Waals surface area contributed by atoms with Gasteiger partial charge in [-0.25, -0.2) is 0 Å². The van der Waals surface area contributed by atoms with Gasteiger partial charge in [0.15, 0.2) is 0 Å². The summed E-state index contributed by atoms with van der Waals surface area (Å²) in [6, 6.07) is 17.7. The average molecular weight is 430 g/mol. The first-order valence-corrected chi connectivity index (χ1v) is 8.57. The van der Waals surface area contributed by atoms with Crippen LogP contribution in [-0.4, -0.2) is 19.2 Å². The lowest BCUT2D eigenvalue weighted by atomic mass is 10.1. The van der Waals surface area contributed by atoms with Crippen LogP contribution >= 0.6 is 35.0 Å². The number of benzene rings is 2. The van der Waals surface area contributed by atoms with Crippen LogP contribution in [0, 0.1) is 3.57 Å². The van der Waals surface area contributed by atoms with Crippen LogP contribution in [0.3, 0.4) is 0 Å². The molecule has 1 aliphatic heterocycles. The topological polar surface area (TPSA) is 21.3 Å². The summed E-state index contributed by atoms with van der Waals surface area (Å²) in [6.45, 7) is 1.90. The number of rotatable bonds is 5. The van der Waals surface area contributed by atoms with Gasteiger partial charge in [0.25, 0.3) is 0 Å². The molecule has 0 radical (unpaired) electrons. The lowest BCUT2D eigenvalue weighted by molar-refractivity contribution is 0.277.